The Morgan fingerprint density at radius 3 is 2.55 bits per heavy atom. The summed E-state index contributed by atoms with van der Waals surface area (Å²) in [6.45, 7) is 0.978. The van der Waals surface area contributed by atoms with Crippen LogP contribution in [-0.4, -0.2) is 46.7 Å². The lowest BCUT2D eigenvalue weighted by Crippen LogP contribution is -2.85. The molecule has 2 aliphatic rings. The number of allylic oxidation sites excluding steroid dienone is 1. The van der Waals surface area contributed by atoms with Crippen molar-refractivity contribution in [1.29, 1.82) is 5.26 Å². The van der Waals surface area contributed by atoms with E-state index in [1.165, 1.54) is 0 Å². The molecule has 8 nitrogen and oxygen atoms in total. The molecule has 0 bridgehead atoms. The first kappa shape index (κ1) is 20.6. The quantitative estimate of drug-likeness (QED) is 0.493. The van der Waals surface area contributed by atoms with Crippen LogP contribution < -0.4 is 21.4 Å². The highest BCUT2D eigenvalue weighted by Gasteiger charge is 2.62. The summed E-state index contributed by atoms with van der Waals surface area (Å²) < 4.78 is 40.7. The highest BCUT2D eigenvalue weighted by atomic mass is 19.4. The fourth-order valence-corrected chi connectivity index (χ4v) is 3.73. The van der Waals surface area contributed by atoms with Gasteiger partial charge in [-0.05, 0) is 25.0 Å². The summed E-state index contributed by atoms with van der Waals surface area (Å²) in [7, 11) is 0. The van der Waals surface area contributed by atoms with Gasteiger partial charge in [-0.2, -0.15) is 18.4 Å². The highest BCUT2D eigenvalue weighted by molar-refractivity contribution is 6.00. The predicted octanol–water partition coefficient (Wildman–Crippen LogP) is -0.956. The number of piperidine rings is 1. The smallest absolute Gasteiger partial charge is 0.401 e. The van der Waals surface area contributed by atoms with Crippen molar-refractivity contribution in [2.75, 3.05) is 18.0 Å². The van der Waals surface area contributed by atoms with Crippen LogP contribution in [-0.2, 0) is 4.79 Å². The van der Waals surface area contributed by atoms with Gasteiger partial charge in [0, 0.05) is 24.7 Å². The van der Waals surface area contributed by atoms with E-state index in [0.29, 0.717) is 25.9 Å². The molecule has 1 saturated heterocycles. The number of nitrogens with zero attached hydrogens (tertiary/aromatic N) is 3. The normalized spacial score (nSPS) is 25.4. The van der Waals surface area contributed by atoms with E-state index in [1.54, 1.807) is 18.3 Å². The van der Waals surface area contributed by atoms with E-state index in [9.17, 15) is 23.1 Å². The average Bonchev–Trinajstić information content (AvgIpc) is 2.66. The van der Waals surface area contributed by atoms with Crippen molar-refractivity contribution in [2.24, 2.45) is 17.4 Å². The van der Waals surface area contributed by atoms with Crippen molar-refractivity contribution >= 4 is 17.4 Å². The number of alkyl halides is 3. The number of nitriles is 1. The van der Waals surface area contributed by atoms with Crippen LogP contribution >= 0.6 is 0 Å². The number of carbonyl (C=O) groups excluding carboxylic acids is 1. The Morgan fingerprint density at radius 1 is 1.38 bits per heavy atom. The van der Waals surface area contributed by atoms with E-state index in [1.807, 2.05) is 11.0 Å². The van der Waals surface area contributed by atoms with Gasteiger partial charge in [-0.15, -0.1) is 0 Å². The number of aromatic nitrogens is 1. The number of pyridine rings is 1. The lowest BCUT2D eigenvalue weighted by Gasteiger charge is -2.37. The standard InChI is InChI=1S/C18H19F3N6O2/c19-18(20,21)17(29)7-13(28)26-16(24)14(17)15(23)10-3-5-27(6-4-10)12-2-1-11(8-22)25-9-12/h1-2,9-10,29H,3-7,23H2,(H2,24,26,28)/p+1. The fourth-order valence-electron chi connectivity index (χ4n) is 3.73. The molecule has 1 unspecified atom stereocenters. The molecule has 0 spiro atoms. The zero-order valence-corrected chi connectivity index (χ0v) is 15.3. The van der Waals surface area contributed by atoms with Gasteiger partial charge < -0.3 is 15.7 Å². The Labute approximate surface area is 164 Å². The summed E-state index contributed by atoms with van der Waals surface area (Å²) in [6.07, 6.45) is -3.90. The molecule has 1 aromatic rings. The van der Waals surface area contributed by atoms with Crippen molar-refractivity contribution in [3.63, 3.8) is 0 Å². The topological polar surface area (TPSA) is 143 Å². The number of nitrogens with one attached hydrogen (secondary N) is 1. The number of carbonyl (C=O) groups is 1. The molecule has 1 fully saturated rings. The fraction of sp³-hybridized carbons (Fsp3) is 0.444. The number of halogens is 3. The zero-order chi connectivity index (χ0) is 21.4. The zero-order valence-electron chi connectivity index (χ0n) is 15.3. The molecule has 1 amide bonds. The predicted molar refractivity (Wildman–Crippen MR) is 95.9 cm³/mol. The van der Waals surface area contributed by atoms with Crippen molar-refractivity contribution in [1.82, 2.24) is 4.98 Å². The molecule has 0 radical (unpaired) electrons. The van der Waals surface area contributed by atoms with Crippen LogP contribution in [0, 0.1) is 17.2 Å². The lowest BCUT2D eigenvalue weighted by molar-refractivity contribution is -0.392. The van der Waals surface area contributed by atoms with Gasteiger partial charge in [-0.3, -0.25) is 5.73 Å². The molecule has 3 rings (SSSR count). The maximum Gasteiger partial charge on any atom is 0.422 e. The molecule has 1 aromatic heterocycles. The summed E-state index contributed by atoms with van der Waals surface area (Å²) in [4.78, 5) is 19.7. The van der Waals surface area contributed by atoms with Crippen LogP contribution in [0.3, 0.4) is 0 Å². The van der Waals surface area contributed by atoms with Gasteiger partial charge in [-0.25, -0.2) is 14.8 Å². The molecule has 6 N–H and O–H groups in total. The minimum absolute atomic E-state index is 0.167. The second-order valence-corrected chi connectivity index (χ2v) is 7.10. The first-order valence-electron chi connectivity index (χ1n) is 8.90. The molecule has 11 heteroatoms. The van der Waals surface area contributed by atoms with Gasteiger partial charge in [-0.1, -0.05) is 0 Å². The number of amides is 1. The van der Waals surface area contributed by atoms with Crippen molar-refractivity contribution < 1.29 is 28.1 Å². The Bertz CT molecular complexity index is 911. The van der Waals surface area contributed by atoms with E-state index < -0.39 is 41.4 Å². The third-order valence-corrected chi connectivity index (χ3v) is 5.29. The summed E-state index contributed by atoms with van der Waals surface area (Å²) >= 11 is 0. The number of hydrogen-bond donors (Lipinski definition) is 4. The van der Waals surface area contributed by atoms with E-state index in [4.69, 9.17) is 16.7 Å². The Kier molecular flexibility index (Phi) is 5.23. The summed E-state index contributed by atoms with van der Waals surface area (Å²) in [5, 5.41) is 19.1. The Balaban J connectivity index is 1.84. The van der Waals surface area contributed by atoms with Crippen LogP contribution in [0.4, 0.5) is 18.9 Å². The number of aliphatic hydroxyl groups is 1. The SMILES string of the molecule is N#Cc1ccc(N2CCC(C(N)=C3C(N)=[NH+]C(=O)CC3(O)C(F)(F)F)CC2)cn1. The molecule has 29 heavy (non-hydrogen) atoms. The first-order chi connectivity index (χ1) is 13.6. The van der Waals surface area contributed by atoms with Crippen LogP contribution in [0.2, 0.25) is 0 Å². The molecule has 154 valence electrons. The second-order valence-electron chi connectivity index (χ2n) is 7.10. The summed E-state index contributed by atoms with van der Waals surface area (Å²) in [5.41, 5.74) is 8.52. The minimum atomic E-state index is -5.11. The molecular formula is C18H20F3N6O2+. The first-order valence-corrected chi connectivity index (χ1v) is 8.90. The Hall–Kier alpha value is -3.13. The lowest BCUT2D eigenvalue weighted by atomic mass is 9.80. The third-order valence-electron chi connectivity index (χ3n) is 5.29. The van der Waals surface area contributed by atoms with Crippen molar-refractivity contribution in [3.05, 3.63) is 35.3 Å². The largest absolute Gasteiger partial charge is 0.422 e. The maximum absolute atomic E-state index is 13.6. The summed E-state index contributed by atoms with van der Waals surface area (Å²) in [5.74, 6) is -2.05. The summed E-state index contributed by atoms with van der Waals surface area (Å²) in [6, 6.07) is 5.26. The molecule has 0 saturated carbocycles. The number of anilines is 1. The van der Waals surface area contributed by atoms with Crippen LogP contribution in [0.15, 0.2) is 29.6 Å². The Morgan fingerprint density at radius 2 is 2.03 bits per heavy atom. The molecule has 0 aromatic carbocycles. The van der Waals surface area contributed by atoms with Gasteiger partial charge in [0.1, 0.15) is 17.3 Å². The average molecular weight is 409 g/mol. The van der Waals surface area contributed by atoms with Crippen molar-refractivity contribution in [2.45, 2.75) is 31.0 Å². The van der Waals surface area contributed by atoms with Gasteiger partial charge in [0.15, 0.2) is 0 Å². The maximum atomic E-state index is 13.6. The highest BCUT2D eigenvalue weighted by Crippen LogP contribution is 2.41. The van der Waals surface area contributed by atoms with Crippen LogP contribution in [0.5, 0.6) is 0 Å². The van der Waals surface area contributed by atoms with Gasteiger partial charge in [0.05, 0.1) is 18.3 Å². The molecule has 2 aliphatic heterocycles. The monoisotopic (exact) mass is 409 g/mol. The molecule has 1 atom stereocenters. The van der Waals surface area contributed by atoms with E-state index >= 15 is 0 Å². The van der Waals surface area contributed by atoms with Gasteiger partial charge in [0.25, 0.3) is 5.84 Å². The van der Waals surface area contributed by atoms with Gasteiger partial charge >= 0.3 is 12.1 Å². The third kappa shape index (κ3) is 3.75. The van der Waals surface area contributed by atoms with E-state index in [0.717, 1.165) is 5.69 Å². The van der Waals surface area contributed by atoms with E-state index in [2.05, 4.69) is 9.98 Å². The second kappa shape index (κ2) is 7.36. The van der Waals surface area contributed by atoms with Crippen molar-refractivity contribution in [3.8, 4) is 6.07 Å². The van der Waals surface area contributed by atoms with Crippen LogP contribution in [0.1, 0.15) is 25.0 Å². The number of amidine groups is 1. The number of rotatable bonds is 2. The van der Waals surface area contributed by atoms with Crippen LogP contribution in [0.25, 0.3) is 0 Å². The van der Waals surface area contributed by atoms with Gasteiger partial charge in [0.2, 0.25) is 5.60 Å². The molecule has 3 heterocycles. The van der Waals surface area contributed by atoms with E-state index in [-0.39, 0.29) is 11.4 Å². The minimum Gasteiger partial charge on any atom is -0.401 e. The molecular weight excluding hydrogens is 389 g/mol. The number of hydrogen-bond acceptors (Lipinski definition) is 7. The molecule has 0 aliphatic carbocycles. The number of nitrogens with two attached hydrogens (primary N) is 2.